The van der Waals surface area contributed by atoms with Crippen LogP contribution in [-0.2, 0) is 6.54 Å². The van der Waals surface area contributed by atoms with Crippen molar-refractivity contribution >= 4 is 12.2 Å². The quantitative estimate of drug-likeness (QED) is 0.790. The second-order valence-corrected chi connectivity index (χ2v) is 3.68. The molecular weight excluding hydrogens is 208 g/mol. The molecule has 2 rings (SSSR count). The van der Waals surface area contributed by atoms with E-state index < -0.39 is 0 Å². The molecule has 0 aromatic carbocycles. The van der Waals surface area contributed by atoms with Gasteiger partial charge in [-0.05, 0) is 13.8 Å². The molecule has 5 heteroatoms. The third kappa shape index (κ3) is 1.83. The number of aryl methyl sites for hydroxylation is 1. The van der Waals surface area contributed by atoms with Gasteiger partial charge in [0.05, 0.1) is 18.2 Å². The van der Waals surface area contributed by atoms with Gasteiger partial charge in [-0.15, -0.1) is 0 Å². The second kappa shape index (κ2) is 3.94. The molecule has 0 aliphatic rings. The van der Waals surface area contributed by atoms with Gasteiger partial charge < -0.3 is 4.98 Å². The second-order valence-electron chi connectivity index (χ2n) is 3.29. The third-order valence-electron chi connectivity index (χ3n) is 2.33. The van der Waals surface area contributed by atoms with Crippen molar-refractivity contribution in [3.8, 4) is 11.3 Å². The van der Waals surface area contributed by atoms with E-state index in [0.29, 0.717) is 4.64 Å². The molecule has 0 unspecified atom stereocenters. The molecule has 0 aliphatic carbocycles. The van der Waals surface area contributed by atoms with Gasteiger partial charge in [0.2, 0.25) is 0 Å². The van der Waals surface area contributed by atoms with Crippen molar-refractivity contribution in [3.63, 3.8) is 0 Å². The molecule has 4 nitrogen and oxygen atoms in total. The number of aromatic amines is 1. The molecule has 0 radical (unpaired) electrons. The molecule has 0 amide bonds. The van der Waals surface area contributed by atoms with E-state index in [1.165, 1.54) is 0 Å². The van der Waals surface area contributed by atoms with E-state index in [0.717, 1.165) is 23.4 Å². The molecule has 0 spiro atoms. The molecule has 0 fully saturated rings. The highest BCUT2D eigenvalue weighted by Crippen LogP contribution is 2.19. The number of nitrogens with one attached hydrogen (secondary N) is 1. The van der Waals surface area contributed by atoms with E-state index in [1.807, 2.05) is 24.0 Å². The fourth-order valence-corrected chi connectivity index (χ4v) is 1.59. The lowest BCUT2D eigenvalue weighted by Gasteiger charge is -2.01. The van der Waals surface area contributed by atoms with Crippen LogP contribution in [0, 0.1) is 11.6 Å². The Morgan fingerprint density at radius 1 is 1.53 bits per heavy atom. The van der Waals surface area contributed by atoms with Crippen molar-refractivity contribution in [2.24, 2.45) is 0 Å². The normalized spacial score (nSPS) is 10.5. The standard InChI is InChI=1S/C10H12N4S/c1-3-14-5-8(4-13-14)9-7(2)10(15)12-6-11-9/h4-6H,3H2,1-2H3,(H,11,12,15). The SMILES string of the molecule is CCn1cc(-c2[nH]cnc(=S)c2C)cn1. The van der Waals surface area contributed by atoms with Gasteiger partial charge in [-0.25, -0.2) is 4.98 Å². The van der Waals surface area contributed by atoms with Gasteiger partial charge in [-0.2, -0.15) is 5.10 Å². The summed E-state index contributed by atoms with van der Waals surface area (Å²) < 4.78 is 2.51. The first-order valence-electron chi connectivity index (χ1n) is 4.79. The topological polar surface area (TPSA) is 46.5 Å². The average Bonchev–Trinajstić information content (AvgIpc) is 2.70. The molecule has 2 aromatic heterocycles. The Morgan fingerprint density at radius 2 is 2.33 bits per heavy atom. The molecule has 0 bridgehead atoms. The molecule has 1 N–H and O–H groups in total. The summed E-state index contributed by atoms with van der Waals surface area (Å²) in [5.41, 5.74) is 3.03. The maximum Gasteiger partial charge on any atom is 0.132 e. The Morgan fingerprint density at radius 3 is 3.00 bits per heavy atom. The number of hydrogen-bond donors (Lipinski definition) is 1. The maximum absolute atomic E-state index is 5.12. The highest BCUT2D eigenvalue weighted by atomic mass is 32.1. The number of H-pyrrole nitrogens is 1. The van der Waals surface area contributed by atoms with Crippen molar-refractivity contribution in [1.29, 1.82) is 0 Å². The van der Waals surface area contributed by atoms with Crippen LogP contribution in [0.25, 0.3) is 11.3 Å². The van der Waals surface area contributed by atoms with Gasteiger partial charge >= 0.3 is 0 Å². The van der Waals surface area contributed by atoms with Gasteiger partial charge in [-0.1, -0.05) is 12.2 Å². The van der Waals surface area contributed by atoms with Gasteiger partial charge in [0.15, 0.2) is 0 Å². The fraction of sp³-hybridized carbons (Fsp3) is 0.300. The summed E-state index contributed by atoms with van der Waals surface area (Å²) in [5.74, 6) is 0. The van der Waals surface area contributed by atoms with E-state index in [2.05, 4.69) is 22.0 Å². The Hall–Kier alpha value is -1.49. The Kier molecular flexibility index (Phi) is 2.64. The zero-order valence-electron chi connectivity index (χ0n) is 8.69. The first-order valence-corrected chi connectivity index (χ1v) is 5.20. The summed E-state index contributed by atoms with van der Waals surface area (Å²) >= 11 is 5.12. The molecule has 2 aromatic rings. The lowest BCUT2D eigenvalue weighted by molar-refractivity contribution is 0.660. The Bertz CT molecular complexity index is 526. The van der Waals surface area contributed by atoms with Crippen LogP contribution in [0.2, 0.25) is 0 Å². The molecule has 0 saturated carbocycles. The first-order chi connectivity index (χ1) is 7.22. The smallest absolute Gasteiger partial charge is 0.132 e. The van der Waals surface area contributed by atoms with E-state index in [4.69, 9.17) is 12.2 Å². The van der Waals surface area contributed by atoms with Crippen molar-refractivity contribution in [3.05, 3.63) is 28.9 Å². The number of hydrogen-bond acceptors (Lipinski definition) is 3. The van der Waals surface area contributed by atoms with Gasteiger partial charge in [0, 0.05) is 23.9 Å². The van der Waals surface area contributed by atoms with Crippen molar-refractivity contribution in [2.75, 3.05) is 0 Å². The summed E-state index contributed by atoms with van der Waals surface area (Å²) in [7, 11) is 0. The summed E-state index contributed by atoms with van der Waals surface area (Å²) in [6.45, 7) is 4.88. The molecule has 78 valence electrons. The first kappa shape index (κ1) is 10.0. The van der Waals surface area contributed by atoms with Gasteiger partial charge in [0.25, 0.3) is 0 Å². The lowest BCUT2D eigenvalue weighted by atomic mass is 10.2. The zero-order chi connectivity index (χ0) is 10.8. The fourth-order valence-electron chi connectivity index (χ4n) is 1.43. The number of aromatic nitrogens is 4. The van der Waals surface area contributed by atoms with Crippen LogP contribution in [0.1, 0.15) is 12.5 Å². The predicted octanol–water partition coefficient (Wildman–Crippen LogP) is 2.33. The largest absolute Gasteiger partial charge is 0.345 e. The van der Waals surface area contributed by atoms with Crippen molar-refractivity contribution in [2.45, 2.75) is 20.4 Å². The van der Waals surface area contributed by atoms with Crippen LogP contribution in [0.15, 0.2) is 18.7 Å². The third-order valence-corrected chi connectivity index (χ3v) is 2.74. The summed E-state index contributed by atoms with van der Waals surface area (Å²) in [6.07, 6.45) is 5.44. The zero-order valence-corrected chi connectivity index (χ0v) is 9.51. The van der Waals surface area contributed by atoms with Crippen LogP contribution < -0.4 is 0 Å². The van der Waals surface area contributed by atoms with Crippen LogP contribution in [0.4, 0.5) is 0 Å². The van der Waals surface area contributed by atoms with E-state index in [9.17, 15) is 0 Å². The minimum atomic E-state index is 0.632. The molecule has 0 atom stereocenters. The highest BCUT2D eigenvalue weighted by Gasteiger charge is 2.05. The Labute approximate surface area is 93.0 Å². The molecule has 0 aliphatic heterocycles. The minimum Gasteiger partial charge on any atom is -0.345 e. The molecule has 15 heavy (non-hydrogen) atoms. The maximum atomic E-state index is 5.12. The minimum absolute atomic E-state index is 0.632. The van der Waals surface area contributed by atoms with Crippen LogP contribution in [0.5, 0.6) is 0 Å². The summed E-state index contributed by atoms with van der Waals surface area (Å²) in [5, 5.41) is 4.22. The average molecular weight is 220 g/mol. The molecule has 0 saturated heterocycles. The van der Waals surface area contributed by atoms with Gasteiger partial charge in [0.1, 0.15) is 4.64 Å². The predicted molar refractivity (Wildman–Crippen MR) is 61.1 cm³/mol. The number of nitrogens with zero attached hydrogens (tertiary/aromatic N) is 3. The van der Waals surface area contributed by atoms with E-state index in [-0.39, 0.29) is 0 Å². The van der Waals surface area contributed by atoms with E-state index >= 15 is 0 Å². The summed E-state index contributed by atoms with van der Waals surface area (Å²) in [4.78, 5) is 7.12. The Balaban J connectivity index is 2.54. The van der Waals surface area contributed by atoms with Crippen LogP contribution >= 0.6 is 12.2 Å². The highest BCUT2D eigenvalue weighted by molar-refractivity contribution is 7.71. The molecular formula is C10H12N4S. The van der Waals surface area contributed by atoms with E-state index in [1.54, 1.807) is 6.33 Å². The van der Waals surface area contributed by atoms with Gasteiger partial charge in [-0.3, -0.25) is 4.68 Å². The van der Waals surface area contributed by atoms with Crippen LogP contribution in [-0.4, -0.2) is 19.7 Å². The monoisotopic (exact) mass is 220 g/mol. The lowest BCUT2D eigenvalue weighted by Crippen LogP contribution is -1.93. The number of rotatable bonds is 2. The van der Waals surface area contributed by atoms with Crippen molar-refractivity contribution in [1.82, 2.24) is 19.7 Å². The van der Waals surface area contributed by atoms with Crippen molar-refractivity contribution < 1.29 is 0 Å². The summed E-state index contributed by atoms with van der Waals surface area (Å²) in [6, 6.07) is 0. The molecule has 2 heterocycles. The van der Waals surface area contributed by atoms with Crippen LogP contribution in [0.3, 0.4) is 0 Å².